The lowest BCUT2D eigenvalue weighted by molar-refractivity contribution is 0.0378. The van der Waals surface area contributed by atoms with Gasteiger partial charge in [0.1, 0.15) is 5.60 Å². The molecule has 0 radical (unpaired) electrons. The van der Waals surface area contributed by atoms with Gasteiger partial charge < -0.3 is 10.5 Å². The molecule has 0 aromatic rings. The van der Waals surface area contributed by atoms with E-state index >= 15 is 0 Å². The van der Waals surface area contributed by atoms with Crippen LogP contribution in [0.15, 0.2) is 0 Å². The Morgan fingerprint density at radius 2 is 2.08 bits per heavy atom. The van der Waals surface area contributed by atoms with Crippen LogP contribution < -0.4 is 17.0 Å². The van der Waals surface area contributed by atoms with Crippen molar-refractivity contribution in [2.45, 2.75) is 32.3 Å². The van der Waals surface area contributed by atoms with Crippen molar-refractivity contribution in [1.82, 2.24) is 5.43 Å². The summed E-state index contributed by atoms with van der Waals surface area (Å²) in [6, 6.07) is 0. The number of hydrogen-bond donors (Lipinski definition) is 3. The number of nitrogens with two attached hydrogens (primary N) is 2. The molecule has 0 unspecified atom stereocenters. The molecule has 0 fully saturated rings. The summed E-state index contributed by atoms with van der Waals surface area (Å²) in [5.41, 5.74) is 6.91. The van der Waals surface area contributed by atoms with Crippen LogP contribution in [0, 0.1) is 0 Å². The van der Waals surface area contributed by atoms with Gasteiger partial charge in [-0.25, -0.2) is 4.79 Å². The number of hydrogen-bond acceptors (Lipinski definition) is 4. The van der Waals surface area contributed by atoms with Crippen LogP contribution in [0.3, 0.4) is 0 Å². The Labute approximate surface area is 84.6 Å². The number of rotatable bonds is 5. The number of halogens is 1. The Bertz CT molecular complexity index is 153. The molecule has 0 spiro atoms. The van der Waals surface area contributed by atoms with Crippen molar-refractivity contribution in [2.24, 2.45) is 11.6 Å². The Balaban J connectivity index is 0. The number of carbonyl (C=O) groups is 1. The van der Waals surface area contributed by atoms with Crippen LogP contribution in [0.4, 0.5) is 4.79 Å². The van der Waals surface area contributed by atoms with Gasteiger partial charge in [0.15, 0.2) is 0 Å². The Hall–Kier alpha value is -0.520. The predicted octanol–water partition coefficient (Wildman–Crippen LogP) is 0.526. The standard InChI is InChI=1S/C7H17N3O2.ClH/c1-7(2,12-6(8)11)4-3-5-10-9;/h10H,3-5,9H2,1-2H3,(H2,8,11);1H. The third kappa shape index (κ3) is 9.39. The van der Waals surface area contributed by atoms with E-state index in [1.165, 1.54) is 0 Å². The third-order valence-corrected chi connectivity index (χ3v) is 1.48. The molecule has 0 aliphatic carbocycles. The van der Waals surface area contributed by atoms with Crippen LogP contribution in [-0.4, -0.2) is 18.2 Å². The lowest BCUT2D eigenvalue weighted by Crippen LogP contribution is -2.32. The molecule has 6 heteroatoms. The van der Waals surface area contributed by atoms with Gasteiger partial charge in [0, 0.05) is 6.54 Å². The fraction of sp³-hybridized carbons (Fsp3) is 0.857. The van der Waals surface area contributed by atoms with Crippen LogP contribution in [-0.2, 0) is 4.74 Å². The van der Waals surface area contributed by atoms with Gasteiger partial charge in [-0.15, -0.1) is 12.4 Å². The molecule has 0 saturated heterocycles. The van der Waals surface area contributed by atoms with Crippen molar-refractivity contribution in [1.29, 1.82) is 0 Å². The maximum absolute atomic E-state index is 10.4. The molecule has 0 aromatic heterocycles. The van der Waals surface area contributed by atoms with E-state index in [0.29, 0.717) is 6.54 Å². The highest BCUT2D eigenvalue weighted by Crippen LogP contribution is 2.15. The fourth-order valence-electron chi connectivity index (χ4n) is 0.940. The largest absolute Gasteiger partial charge is 0.444 e. The van der Waals surface area contributed by atoms with E-state index in [1.54, 1.807) is 0 Å². The Morgan fingerprint density at radius 1 is 1.54 bits per heavy atom. The SMILES string of the molecule is CC(C)(CCCNN)OC(N)=O.Cl. The molecule has 80 valence electrons. The molecule has 0 aliphatic heterocycles. The number of primary amides is 1. The highest BCUT2D eigenvalue weighted by Gasteiger charge is 2.20. The Kier molecular flexibility index (Phi) is 7.99. The molecule has 0 rings (SSSR count). The van der Waals surface area contributed by atoms with Gasteiger partial charge in [-0.3, -0.25) is 11.3 Å². The summed E-state index contributed by atoms with van der Waals surface area (Å²) in [4.78, 5) is 10.4. The smallest absolute Gasteiger partial charge is 0.405 e. The van der Waals surface area contributed by atoms with E-state index in [2.05, 4.69) is 5.43 Å². The van der Waals surface area contributed by atoms with Gasteiger partial charge in [-0.2, -0.15) is 0 Å². The number of amides is 1. The fourth-order valence-corrected chi connectivity index (χ4v) is 0.940. The summed E-state index contributed by atoms with van der Waals surface area (Å²) in [5.74, 6) is 5.08. The highest BCUT2D eigenvalue weighted by atomic mass is 35.5. The van der Waals surface area contributed by atoms with Crippen molar-refractivity contribution < 1.29 is 9.53 Å². The van der Waals surface area contributed by atoms with Crippen molar-refractivity contribution in [3.05, 3.63) is 0 Å². The van der Waals surface area contributed by atoms with Gasteiger partial charge in [0.25, 0.3) is 0 Å². The van der Waals surface area contributed by atoms with Gasteiger partial charge in [-0.05, 0) is 26.7 Å². The van der Waals surface area contributed by atoms with Gasteiger partial charge >= 0.3 is 6.09 Å². The maximum atomic E-state index is 10.4. The van der Waals surface area contributed by atoms with Gasteiger partial charge in [-0.1, -0.05) is 0 Å². The van der Waals surface area contributed by atoms with Crippen LogP contribution in [0.5, 0.6) is 0 Å². The van der Waals surface area contributed by atoms with Crippen molar-refractivity contribution in [2.75, 3.05) is 6.54 Å². The molecule has 0 atom stereocenters. The van der Waals surface area contributed by atoms with E-state index < -0.39 is 11.7 Å². The van der Waals surface area contributed by atoms with Gasteiger partial charge in [0.2, 0.25) is 0 Å². The van der Waals surface area contributed by atoms with Crippen LogP contribution >= 0.6 is 12.4 Å². The monoisotopic (exact) mass is 211 g/mol. The second kappa shape index (κ2) is 6.94. The highest BCUT2D eigenvalue weighted by molar-refractivity contribution is 5.85. The lowest BCUT2D eigenvalue weighted by atomic mass is 10.0. The van der Waals surface area contributed by atoms with Crippen molar-refractivity contribution in [3.8, 4) is 0 Å². The first kappa shape index (κ1) is 15.0. The lowest BCUT2D eigenvalue weighted by Gasteiger charge is -2.23. The van der Waals surface area contributed by atoms with Crippen LogP contribution in [0.2, 0.25) is 0 Å². The maximum Gasteiger partial charge on any atom is 0.405 e. The molecule has 0 bridgehead atoms. The number of hydrazine groups is 1. The topological polar surface area (TPSA) is 90.4 Å². The minimum atomic E-state index is -0.735. The van der Waals surface area contributed by atoms with E-state index in [0.717, 1.165) is 12.8 Å². The molecule has 13 heavy (non-hydrogen) atoms. The minimum Gasteiger partial charge on any atom is -0.444 e. The molecule has 0 saturated carbocycles. The van der Waals surface area contributed by atoms with E-state index in [-0.39, 0.29) is 12.4 Å². The Morgan fingerprint density at radius 3 is 2.46 bits per heavy atom. The molecule has 5 nitrogen and oxygen atoms in total. The first-order chi connectivity index (χ1) is 5.48. The van der Waals surface area contributed by atoms with E-state index in [4.69, 9.17) is 16.3 Å². The summed E-state index contributed by atoms with van der Waals surface area (Å²) < 4.78 is 4.85. The molecular formula is C7H18ClN3O2. The molecule has 5 N–H and O–H groups in total. The molecular weight excluding hydrogens is 194 g/mol. The van der Waals surface area contributed by atoms with Crippen LogP contribution in [0.1, 0.15) is 26.7 Å². The van der Waals surface area contributed by atoms with E-state index in [1.807, 2.05) is 13.8 Å². The number of carbonyl (C=O) groups excluding carboxylic acids is 1. The third-order valence-electron chi connectivity index (χ3n) is 1.48. The zero-order valence-electron chi connectivity index (χ0n) is 8.00. The summed E-state index contributed by atoms with van der Waals surface area (Å²) in [6.07, 6.45) is 0.845. The van der Waals surface area contributed by atoms with Crippen molar-refractivity contribution >= 4 is 18.5 Å². The zero-order valence-corrected chi connectivity index (χ0v) is 8.82. The molecule has 1 amide bonds. The second-order valence-electron chi connectivity index (χ2n) is 3.24. The summed E-state index contributed by atoms with van der Waals surface area (Å²) in [5, 5.41) is 0. The summed E-state index contributed by atoms with van der Waals surface area (Å²) in [6.45, 7) is 4.33. The normalized spacial score (nSPS) is 10.4. The van der Waals surface area contributed by atoms with Gasteiger partial charge in [0.05, 0.1) is 0 Å². The van der Waals surface area contributed by atoms with Crippen molar-refractivity contribution in [3.63, 3.8) is 0 Å². The zero-order chi connectivity index (χ0) is 9.61. The summed E-state index contributed by atoms with van der Waals surface area (Å²) in [7, 11) is 0. The number of ether oxygens (including phenoxy) is 1. The average molecular weight is 212 g/mol. The first-order valence-electron chi connectivity index (χ1n) is 3.90. The molecule has 0 aromatic carbocycles. The first-order valence-corrected chi connectivity index (χ1v) is 3.90. The molecule has 0 heterocycles. The van der Waals surface area contributed by atoms with E-state index in [9.17, 15) is 4.79 Å². The summed E-state index contributed by atoms with van der Waals surface area (Å²) >= 11 is 0. The quantitative estimate of drug-likeness (QED) is 0.352. The predicted molar refractivity (Wildman–Crippen MR) is 53.4 cm³/mol. The average Bonchev–Trinajstić information content (AvgIpc) is 1.84. The molecule has 0 aliphatic rings. The second-order valence-corrected chi connectivity index (χ2v) is 3.24. The minimum absolute atomic E-state index is 0. The van der Waals surface area contributed by atoms with Crippen LogP contribution in [0.25, 0.3) is 0 Å². The number of nitrogens with one attached hydrogen (secondary N) is 1.